The lowest BCUT2D eigenvalue weighted by atomic mass is 10.4. The molecule has 11 heteroatoms. The molecule has 19 heavy (non-hydrogen) atoms. The quantitative estimate of drug-likeness (QED) is 0.292. The molecule has 0 bridgehead atoms. The first-order chi connectivity index (χ1) is 8.59. The number of aryl methyl sites for hydroxylation is 1. The molecule has 0 aliphatic rings. The van der Waals surface area contributed by atoms with Crippen molar-refractivity contribution in [3.05, 3.63) is 17.7 Å². The number of nitrogens with two attached hydrogens (primary N) is 2. The second-order valence-corrected chi connectivity index (χ2v) is 5.59. The molecular formula is C8H17N5O4S2. The van der Waals surface area contributed by atoms with Gasteiger partial charge in [-0.15, -0.1) is 11.8 Å². The number of nitrogens with one attached hydrogen (secondary N) is 1. The first-order valence-corrected chi connectivity index (χ1v) is 7.43. The third-order valence-electron chi connectivity index (χ3n) is 1.73. The van der Waals surface area contributed by atoms with Crippen LogP contribution in [0.1, 0.15) is 18.3 Å². The molecule has 1 aromatic heterocycles. The molecule has 0 aromatic carbocycles. The van der Waals surface area contributed by atoms with Crippen LogP contribution in [0.15, 0.2) is 11.3 Å². The Morgan fingerprint density at radius 3 is 2.47 bits per heavy atom. The highest BCUT2D eigenvalue weighted by atomic mass is 32.3. The first-order valence-electron chi connectivity index (χ1n) is 4.98. The Hall–Kier alpha value is -1.30. The Morgan fingerprint density at radius 1 is 1.58 bits per heavy atom. The largest absolute Gasteiger partial charge is 0.394 e. The van der Waals surface area contributed by atoms with Gasteiger partial charge in [-0.3, -0.25) is 9.11 Å². The topological polar surface area (TPSA) is 168 Å². The van der Waals surface area contributed by atoms with E-state index in [1.54, 1.807) is 18.1 Å². The van der Waals surface area contributed by atoms with Gasteiger partial charge >= 0.3 is 10.4 Å². The monoisotopic (exact) mass is 311 g/mol. The third-order valence-corrected chi connectivity index (χ3v) is 2.75. The van der Waals surface area contributed by atoms with Crippen molar-refractivity contribution >= 4 is 28.1 Å². The van der Waals surface area contributed by atoms with Crippen LogP contribution in [0.25, 0.3) is 0 Å². The number of hydrogen-bond acceptors (Lipinski definition) is 5. The van der Waals surface area contributed by atoms with Gasteiger partial charge in [-0.05, 0) is 13.8 Å². The van der Waals surface area contributed by atoms with Gasteiger partial charge in [0.2, 0.25) is 0 Å². The molecule has 0 saturated carbocycles. The van der Waals surface area contributed by atoms with E-state index in [2.05, 4.69) is 15.0 Å². The molecule has 0 saturated heterocycles. The van der Waals surface area contributed by atoms with Crippen LogP contribution < -0.4 is 11.5 Å². The van der Waals surface area contributed by atoms with Crippen LogP contribution >= 0.6 is 11.8 Å². The number of thioether (sulfide) groups is 1. The van der Waals surface area contributed by atoms with E-state index < -0.39 is 10.4 Å². The smallest absolute Gasteiger partial charge is 0.370 e. The molecule has 1 aromatic rings. The molecule has 1 atom stereocenters. The number of rotatable bonds is 4. The van der Waals surface area contributed by atoms with Crippen LogP contribution in [0.4, 0.5) is 0 Å². The van der Waals surface area contributed by atoms with Crippen molar-refractivity contribution in [2.45, 2.75) is 25.0 Å². The summed E-state index contributed by atoms with van der Waals surface area (Å²) < 4.78 is 31.6. The highest BCUT2D eigenvalue weighted by Gasteiger charge is 2.04. The summed E-state index contributed by atoms with van der Waals surface area (Å²) in [7, 11) is -4.67. The Morgan fingerprint density at radius 2 is 2.11 bits per heavy atom. The molecule has 1 unspecified atom stereocenters. The normalized spacial score (nSPS) is 12.2. The van der Waals surface area contributed by atoms with Crippen LogP contribution in [0.2, 0.25) is 0 Å². The second kappa shape index (κ2) is 7.99. The average Bonchev–Trinajstić information content (AvgIpc) is 2.57. The zero-order valence-corrected chi connectivity index (χ0v) is 12.1. The van der Waals surface area contributed by atoms with Crippen LogP contribution in [0.3, 0.4) is 0 Å². The minimum absolute atomic E-state index is 0.0658. The van der Waals surface area contributed by atoms with Gasteiger partial charge < -0.3 is 16.5 Å². The summed E-state index contributed by atoms with van der Waals surface area (Å²) in [5.41, 5.74) is 12.7. The number of hydrogen-bond donors (Lipinski definition) is 5. The zero-order valence-electron chi connectivity index (χ0n) is 10.4. The van der Waals surface area contributed by atoms with Crippen LogP contribution in [-0.2, 0) is 16.2 Å². The molecular weight excluding hydrogens is 294 g/mol. The second-order valence-electron chi connectivity index (χ2n) is 3.39. The Kier molecular flexibility index (Phi) is 7.44. The maximum absolute atomic E-state index is 8.74. The molecule has 110 valence electrons. The van der Waals surface area contributed by atoms with Gasteiger partial charge in [0, 0.05) is 11.4 Å². The van der Waals surface area contributed by atoms with Gasteiger partial charge in [0.15, 0.2) is 5.96 Å². The molecule has 0 aliphatic heterocycles. The summed E-state index contributed by atoms with van der Waals surface area (Å²) in [6, 6.07) is 0. The van der Waals surface area contributed by atoms with Gasteiger partial charge in [-0.2, -0.15) is 8.42 Å². The minimum atomic E-state index is -4.67. The lowest BCUT2D eigenvalue weighted by Crippen LogP contribution is -2.24. The van der Waals surface area contributed by atoms with Crippen molar-refractivity contribution in [1.29, 1.82) is 0 Å². The highest BCUT2D eigenvalue weighted by molar-refractivity contribution is 7.99. The standard InChI is InChI=1S/C8H15N5S.H2O4S/c1-5-7(12-4-11-5)3-14-6(2)13-8(9)10;1-5(2,3)4/h4,6H,3H2,1-2H3,(H,11,12)(H4,9,10,13);(H2,1,2,3,4). The van der Waals surface area contributed by atoms with Gasteiger partial charge in [-0.25, -0.2) is 9.98 Å². The Bertz CT molecular complexity index is 501. The molecule has 1 heterocycles. The molecule has 9 nitrogen and oxygen atoms in total. The number of aliphatic imine (C=N–C) groups is 1. The van der Waals surface area contributed by atoms with E-state index in [4.69, 9.17) is 29.0 Å². The van der Waals surface area contributed by atoms with Crippen molar-refractivity contribution in [2.75, 3.05) is 0 Å². The van der Waals surface area contributed by atoms with Gasteiger partial charge in [-0.1, -0.05) is 0 Å². The highest BCUT2D eigenvalue weighted by Crippen LogP contribution is 2.18. The number of aromatic nitrogens is 2. The van der Waals surface area contributed by atoms with Crippen molar-refractivity contribution in [3.8, 4) is 0 Å². The van der Waals surface area contributed by atoms with Crippen LogP contribution in [-0.4, -0.2) is 38.8 Å². The van der Waals surface area contributed by atoms with E-state index in [-0.39, 0.29) is 11.3 Å². The lowest BCUT2D eigenvalue weighted by Gasteiger charge is -2.05. The molecule has 0 radical (unpaired) electrons. The Balaban J connectivity index is 0.000000555. The van der Waals surface area contributed by atoms with E-state index in [1.807, 2.05) is 13.8 Å². The van der Waals surface area contributed by atoms with Gasteiger partial charge in [0.05, 0.1) is 17.4 Å². The van der Waals surface area contributed by atoms with E-state index in [0.717, 1.165) is 17.1 Å². The fourth-order valence-corrected chi connectivity index (χ4v) is 1.87. The zero-order chi connectivity index (χ0) is 15.1. The van der Waals surface area contributed by atoms with Gasteiger partial charge in [0.25, 0.3) is 0 Å². The summed E-state index contributed by atoms with van der Waals surface area (Å²) in [6.07, 6.45) is 1.69. The summed E-state index contributed by atoms with van der Waals surface area (Å²) in [5, 5.41) is 0.0658. The van der Waals surface area contributed by atoms with E-state index in [1.165, 1.54) is 0 Å². The number of guanidine groups is 1. The van der Waals surface area contributed by atoms with Crippen molar-refractivity contribution in [3.63, 3.8) is 0 Å². The first kappa shape index (κ1) is 17.7. The Labute approximate surface area is 115 Å². The molecule has 0 amide bonds. The summed E-state index contributed by atoms with van der Waals surface area (Å²) >= 11 is 1.65. The number of H-pyrrole nitrogens is 1. The predicted molar refractivity (Wildman–Crippen MR) is 74.1 cm³/mol. The summed E-state index contributed by atoms with van der Waals surface area (Å²) in [6.45, 7) is 3.94. The van der Waals surface area contributed by atoms with E-state index >= 15 is 0 Å². The molecule has 7 N–H and O–H groups in total. The summed E-state index contributed by atoms with van der Waals surface area (Å²) in [5.74, 6) is 0.941. The molecule has 0 spiro atoms. The van der Waals surface area contributed by atoms with Crippen molar-refractivity contribution in [1.82, 2.24) is 9.97 Å². The maximum Gasteiger partial charge on any atom is 0.394 e. The SMILES string of the molecule is Cc1[nH]cnc1CSC(C)N=C(N)N.O=S(=O)(O)O. The molecule has 0 fully saturated rings. The average molecular weight is 311 g/mol. The summed E-state index contributed by atoms with van der Waals surface area (Å²) in [4.78, 5) is 11.2. The predicted octanol–water partition coefficient (Wildman–Crippen LogP) is -0.0821. The van der Waals surface area contributed by atoms with Crippen LogP contribution in [0, 0.1) is 6.92 Å². The third kappa shape index (κ3) is 11.5. The number of aromatic amines is 1. The lowest BCUT2D eigenvalue weighted by molar-refractivity contribution is 0.381. The van der Waals surface area contributed by atoms with Crippen LogP contribution in [0.5, 0.6) is 0 Å². The number of imidazole rings is 1. The van der Waals surface area contributed by atoms with Crippen molar-refractivity contribution < 1.29 is 17.5 Å². The van der Waals surface area contributed by atoms with Gasteiger partial charge in [0.1, 0.15) is 0 Å². The van der Waals surface area contributed by atoms with Crippen molar-refractivity contribution in [2.24, 2.45) is 16.5 Å². The fourth-order valence-electron chi connectivity index (χ4n) is 0.979. The molecule has 1 rings (SSSR count). The number of nitrogens with zero attached hydrogens (tertiary/aromatic N) is 2. The molecule has 0 aliphatic carbocycles. The maximum atomic E-state index is 8.74. The van der Waals surface area contributed by atoms with E-state index in [9.17, 15) is 0 Å². The minimum Gasteiger partial charge on any atom is -0.370 e. The van der Waals surface area contributed by atoms with E-state index in [0.29, 0.717) is 0 Å². The fraction of sp³-hybridized carbons (Fsp3) is 0.500.